The molecule has 0 aromatic rings. The van der Waals surface area contributed by atoms with Gasteiger partial charge in [0, 0.05) is 0 Å². The van der Waals surface area contributed by atoms with Gasteiger partial charge in [0.15, 0.2) is 9.84 Å². The van der Waals surface area contributed by atoms with Crippen molar-refractivity contribution in [2.75, 3.05) is 11.5 Å². The molecule has 0 radical (unpaired) electrons. The van der Waals surface area contributed by atoms with Crippen LogP contribution in [-0.4, -0.2) is 30.9 Å². The Labute approximate surface area is 89.9 Å². The highest BCUT2D eigenvalue weighted by molar-refractivity contribution is 9.09. The lowest BCUT2D eigenvalue weighted by molar-refractivity contribution is -0.123. The van der Waals surface area contributed by atoms with Crippen molar-refractivity contribution in [2.24, 2.45) is 5.92 Å². The molecule has 1 unspecified atom stereocenters. The second-order valence-electron chi connectivity index (χ2n) is 3.48. The first kappa shape index (κ1) is 14.2. The summed E-state index contributed by atoms with van der Waals surface area (Å²) < 4.78 is 58.4. The van der Waals surface area contributed by atoms with Crippen molar-refractivity contribution in [3.8, 4) is 0 Å². The molecule has 0 N–H and O–H groups in total. The van der Waals surface area contributed by atoms with E-state index in [-0.39, 0.29) is 11.7 Å². The number of rotatable bonds is 4. The largest absolute Gasteiger partial charge is 0.402 e. The summed E-state index contributed by atoms with van der Waals surface area (Å²) in [5.74, 6) is -1.27. The van der Waals surface area contributed by atoms with Crippen molar-refractivity contribution in [1.82, 2.24) is 0 Å². The number of hydrogen-bond acceptors (Lipinski definition) is 2. The fourth-order valence-corrected chi connectivity index (χ4v) is 3.89. The van der Waals surface area contributed by atoms with Gasteiger partial charge in [0.2, 0.25) is 0 Å². The standard InChI is InChI=1S/C7H12BrF3O2S/c1-5(2)3-14(12,13)4-6(8)7(9,10)11/h5-6H,3-4H2,1-2H3. The minimum Gasteiger partial charge on any atom is -0.229 e. The van der Waals surface area contributed by atoms with E-state index in [0.29, 0.717) is 0 Å². The van der Waals surface area contributed by atoms with E-state index >= 15 is 0 Å². The first-order valence-corrected chi connectivity index (χ1v) is 6.69. The van der Waals surface area contributed by atoms with Crippen LogP contribution in [0.3, 0.4) is 0 Å². The molecule has 14 heavy (non-hydrogen) atoms. The van der Waals surface area contributed by atoms with E-state index in [2.05, 4.69) is 15.9 Å². The molecule has 2 nitrogen and oxygen atoms in total. The average molecular weight is 297 g/mol. The first-order valence-electron chi connectivity index (χ1n) is 3.96. The summed E-state index contributed by atoms with van der Waals surface area (Å²) in [5.41, 5.74) is 0. The molecule has 0 spiro atoms. The molecule has 0 rings (SSSR count). The highest BCUT2D eigenvalue weighted by atomic mass is 79.9. The van der Waals surface area contributed by atoms with E-state index < -0.39 is 26.6 Å². The van der Waals surface area contributed by atoms with E-state index in [9.17, 15) is 21.6 Å². The van der Waals surface area contributed by atoms with Gasteiger partial charge in [-0.15, -0.1) is 0 Å². The molecular formula is C7H12BrF3O2S. The third-order valence-corrected chi connectivity index (χ3v) is 4.63. The Bertz CT molecular complexity index is 271. The van der Waals surface area contributed by atoms with Crippen LogP contribution in [0.4, 0.5) is 13.2 Å². The molecule has 86 valence electrons. The van der Waals surface area contributed by atoms with Gasteiger partial charge in [-0.25, -0.2) is 8.42 Å². The Morgan fingerprint density at radius 1 is 1.21 bits per heavy atom. The Morgan fingerprint density at radius 3 is 1.93 bits per heavy atom. The van der Waals surface area contributed by atoms with Crippen LogP contribution in [0.1, 0.15) is 13.8 Å². The summed E-state index contributed by atoms with van der Waals surface area (Å²) in [6, 6.07) is 0. The quantitative estimate of drug-likeness (QED) is 0.747. The zero-order chi connectivity index (χ0) is 11.6. The zero-order valence-electron chi connectivity index (χ0n) is 7.81. The van der Waals surface area contributed by atoms with Crippen LogP contribution >= 0.6 is 15.9 Å². The number of sulfone groups is 1. The molecule has 0 aliphatic rings. The van der Waals surface area contributed by atoms with E-state index in [1.54, 1.807) is 13.8 Å². The summed E-state index contributed by atoms with van der Waals surface area (Å²) >= 11 is 2.32. The van der Waals surface area contributed by atoms with Crippen LogP contribution in [-0.2, 0) is 9.84 Å². The van der Waals surface area contributed by atoms with E-state index in [1.165, 1.54) is 0 Å². The van der Waals surface area contributed by atoms with Gasteiger partial charge < -0.3 is 0 Å². The topological polar surface area (TPSA) is 34.1 Å². The van der Waals surface area contributed by atoms with Gasteiger partial charge in [-0.05, 0) is 5.92 Å². The smallest absolute Gasteiger partial charge is 0.229 e. The maximum Gasteiger partial charge on any atom is 0.402 e. The molecule has 0 aromatic carbocycles. The molecular weight excluding hydrogens is 285 g/mol. The number of alkyl halides is 4. The van der Waals surface area contributed by atoms with Gasteiger partial charge in [-0.2, -0.15) is 13.2 Å². The normalized spacial score (nSPS) is 15.9. The fraction of sp³-hybridized carbons (Fsp3) is 1.00. The van der Waals surface area contributed by atoms with Crippen molar-refractivity contribution in [2.45, 2.75) is 24.9 Å². The van der Waals surface area contributed by atoms with Crippen molar-refractivity contribution >= 4 is 25.8 Å². The van der Waals surface area contributed by atoms with Gasteiger partial charge in [0.25, 0.3) is 0 Å². The van der Waals surface area contributed by atoms with Gasteiger partial charge in [-0.3, -0.25) is 0 Å². The van der Waals surface area contributed by atoms with Crippen LogP contribution in [0.5, 0.6) is 0 Å². The van der Waals surface area contributed by atoms with Crippen LogP contribution in [0, 0.1) is 5.92 Å². The van der Waals surface area contributed by atoms with Crippen LogP contribution in [0.2, 0.25) is 0 Å². The van der Waals surface area contributed by atoms with Gasteiger partial charge in [0.1, 0.15) is 4.83 Å². The molecule has 0 saturated heterocycles. The Balaban J connectivity index is 4.38. The average Bonchev–Trinajstić information content (AvgIpc) is 1.79. The monoisotopic (exact) mass is 296 g/mol. The third kappa shape index (κ3) is 5.85. The summed E-state index contributed by atoms with van der Waals surface area (Å²) in [6.45, 7) is 3.29. The van der Waals surface area contributed by atoms with Crippen LogP contribution in [0.25, 0.3) is 0 Å². The van der Waals surface area contributed by atoms with E-state index in [1.807, 2.05) is 0 Å². The molecule has 0 aromatic heterocycles. The van der Waals surface area contributed by atoms with E-state index in [0.717, 1.165) is 0 Å². The zero-order valence-corrected chi connectivity index (χ0v) is 10.2. The SMILES string of the molecule is CC(C)CS(=O)(=O)CC(Br)C(F)(F)F. The molecule has 0 heterocycles. The summed E-state index contributed by atoms with van der Waals surface area (Å²) in [7, 11) is -3.63. The maximum atomic E-state index is 12.0. The lowest BCUT2D eigenvalue weighted by Crippen LogP contribution is -2.32. The van der Waals surface area contributed by atoms with Crippen molar-refractivity contribution in [3.63, 3.8) is 0 Å². The highest BCUT2D eigenvalue weighted by Gasteiger charge is 2.40. The van der Waals surface area contributed by atoms with Gasteiger partial charge in [0.05, 0.1) is 11.5 Å². The van der Waals surface area contributed by atoms with Crippen LogP contribution in [0.15, 0.2) is 0 Å². The molecule has 7 heteroatoms. The summed E-state index contributed by atoms with van der Waals surface area (Å²) in [6.07, 6.45) is -4.51. The van der Waals surface area contributed by atoms with Crippen molar-refractivity contribution < 1.29 is 21.6 Å². The first-order chi connectivity index (χ1) is 6.04. The second kappa shape index (κ2) is 4.83. The van der Waals surface area contributed by atoms with Crippen molar-refractivity contribution in [1.29, 1.82) is 0 Å². The summed E-state index contributed by atoms with van der Waals surface area (Å²) in [5, 5.41) is 0. The molecule has 0 saturated carbocycles. The maximum absolute atomic E-state index is 12.0. The Morgan fingerprint density at radius 2 is 1.64 bits per heavy atom. The lowest BCUT2D eigenvalue weighted by atomic mass is 10.3. The van der Waals surface area contributed by atoms with Crippen molar-refractivity contribution in [3.05, 3.63) is 0 Å². The molecule has 0 aliphatic carbocycles. The van der Waals surface area contributed by atoms with Crippen LogP contribution < -0.4 is 0 Å². The molecule has 0 bridgehead atoms. The number of halogens is 4. The minimum atomic E-state index is -4.51. The predicted molar refractivity (Wildman–Crippen MR) is 52.3 cm³/mol. The second-order valence-corrected chi connectivity index (χ2v) is 6.74. The Hall–Kier alpha value is 0.220. The van der Waals surface area contributed by atoms with Gasteiger partial charge in [-0.1, -0.05) is 29.8 Å². The molecule has 0 aliphatic heterocycles. The molecule has 1 atom stereocenters. The molecule has 0 amide bonds. The van der Waals surface area contributed by atoms with E-state index in [4.69, 9.17) is 0 Å². The number of hydrogen-bond donors (Lipinski definition) is 0. The summed E-state index contributed by atoms with van der Waals surface area (Å²) in [4.78, 5) is -1.97. The highest BCUT2D eigenvalue weighted by Crippen LogP contribution is 2.27. The minimum absolute atomic E-state index is 0.159. The third-order valence-electron chi connectivity index (χ3n) is 1.34. The molecule has 0 fully saturated rings. The lowest BCUT2D eigenvalue weighted by Gasteiger charge is -2.14. The van der Waals surface area contributed by atoms with Gasteiger partial charge >= 0.3 is 6.18 Å². The fourth-order valence-electron chi connectivity index (χ4n) is 0.893. The Kier molecular flexibility index (Phi) is 4.90. The predicted octanol–water partition coefficient (Wildman–Crippen LogP) is 2.38.